The molecule has 2 aliphatic rings. The van der Waals surface area contributed by atoms with Gasteiger partial charge in [0.2, 0.25) is 0 Å². The first-order valence-corrected chi connectivity index (χ1v) is 6.67. The van der Waals surface area contributed by atoms with Crippen LogP contribution in [0.5, 0.6) is 0 Å². The Balaban J connectivity index is 1.93. The predicted molar refractivity (Wildman–Crippen MR) is 67.7 cm³/mol. The van der Waals surface area contributed by atoms with Gasteiger partial charge in [-0.3, -0.25) is 19.3 Å². The van der Waals surface area contributed by atoms with E-state index in [0.29, 0.717) is 12.8 Å². The SMILES string of the molecule is CC1(C)NC(=O)N(CC(=O)O[C@H]2CCCCC2=O)C1=O. The summed E-state index contributed by atoms with van der Waals surface area (Å²) < 4.78 is 5.07. The van der Waals surface area contributed by atoms with Crippen LogP contribution in [0, 0.1) is 0 Å². The fourth-order valence-corrected chi connectivity index (χ4v) is 2.36. The molecule has 0 radical (unpaired) electrons. The lowest BCUT2D eigenvalue weighted by atomic mass is 9.96. The minimum absolute atomic E-state index is 0.0953. The number of nitrogens with one attached hydrogen (secondary N) is 1. The number of ether oxygens (including phenoxy) is 1. The summed E-state index contributed by atoms with van der Waals surface area (Å²) in [6.07, 6.45) is 1.84. The number of esters is 1. The van der Waals surface area contributed by atoms with Gasteiger partial charge in [0.05, 0.1) is 0 Å². The van der Waals surface area contributed by atoms with Crippen molar-refractivity contribution < 1.29 is 23.9 Å². The molecule has 1 saturated carbocycles. The Hall–Kier alpha value is -1.92. The molecule has 0 unspecified atom stereocenters. The van der Waals surface area contributed by atoms with Crippen molar-refractivity contribution in [2.45, 2.75) is 51.2 Å². The molecule has 0 bridgehead atoms. The van der Waals surface area contributed by atoms with Gasteiger partial charge in [-0.25, -0.2) is 4.79 Å². The van der Waals surface area contributed by atoms with Gasteiger partial charge in [0.25, 0.3) is 5.91 Å². The summed E-state index contributed by atoms with van der Waals surface area (Å²) in [5.74, 6) is -1.30. The third kappa shape index (κ3) is 2.81. The van der Waals surface area contributed by atoms with Gasteiger partial charge in [0, 0.05) is 6.42 Å². The lowest BCUT2D eigenvalue weighted by Gasteiger charge is -2.22. The monoisotopic (exact) mass is 282 g/mol. The summed E-state index contributed by atoms with van der Waals surface area (Å²) in [7, 11) is 0. The second kappa shape index (κ2) is 5.22. The van der Waals surface area contributed by atoms with E-state index in [0.717, 1.165) is 17.7 Å². The Morgan fingerprint density at radius 3 is 2.60 bits per heavy atom. The Morgan fingerprint density at radius 2 is 2.05 bits per heavy atom. The van der Waals surface area contributed by atoms with Crippen molar-refractivity contribution in [1.29, 1.82) is 0 Å². The van der Waals surface area contributed by atoms with Crippen LogP contribution in [0.4, 0.5) is 4.79 Å². The van der Waals surface area contributed by atoms with Gasteiger partial charge >= 0.3 is 12.0 Å². The van der Waals surface area contributed by atoms with Crippen molar-refractivity contribution in [3.8, 4) is 0 Å². The number of carbonyl (C=O) groups is 4. The van der Waals surface area contributed by atoms with Gasteiger partial charge in [-0.15, -0.1) is 0 Å². The van der Waals surface area contributed by atoms with Gasteiger partial charge < -0.3 is 10.1 Å². The molecule has 0 aromatic heterocycles. The van der Waals surface area contributed by atoms with Crippen molar-refractivity contribution in [1.82, 2.24) is 10.2 Å². The zero-order chi connectivity index (χ0) is 14.9. The van der Waals surface area contributed by atoms with E-state index in [9.17, 15) is 19.2 Å². The van der Waals surface area contributed by atoms with Crippen LogP contribution in [0.3, 0.4) is 0 Å². The van der Waals surface area contributed by atoms with Crippen molar-refractivity contribution in [2.75, 3.05) is 6.54 Å². The first kappa shape index (κ1) is 14.5. The maximum absolute atomic E-state index is 11.9. The highest BCUT2D eigenvalue weighted by Crippen LogP contribution is 2.19. The topological polar surface area (TPSA) is 92.8 Å². The molecule has 0 aromatic carbocycles. The molecule has 1 N–H and O–H groups in total. The first-order chi connectivity index (χ1) is 9.31. The van der Waals surface area contributed by atoms with Crippen molar-refractivity contribution in [3.63, 3.8) is 0 Å². The van der Waals surface area contributed by atoms with E-state index in [1.165, 1.54) is 0 Å². The third-order valence-corrected chi connectivity index (χ3v) is 3.50. The van der Waals surface area contributed by atoms with E-state index in [-0.39, 0.29) is 5.78 Å². The first-order valence-electron chi connectivity index (χ1n) is 6.67. The molecule has 2 rings (SSSR count). The number of hydrogen-bond acceptors (Lipinski definition) is 5. The van der Waals surface area contributed by atoms with Gasteiger partial charge in [-0.1, -0.05) is 0 Å². The fraction of sp³-hybridized carbons (Fsp3) is 0.692. The molecule has 110 valence electrons. The van der Waals surface area contributed by atoms with E-state index in [4.69, 9.17) is 4.74 Å². The van der Waals surface area contributed by atoms with E-state index < -0.39 is 36.1 Å². The standard InChI is InChI=1S/C13H18N2O5/c1-13(2)11(18)15(12(19)14-13)7-10(17)20-9-6-4-3-5-8(9)16/h9H,3-7H2,1-2H3,(H,14,19)/t9-/m0/s1. The van der Waals surface area contributed by atoms with Gasteiger partial charge in [-0.2, -0.15) is 0 Å². The van der Waals surface area contributed by atoms with Gasteiger partial charge in [0.1, 0.15) is 12.1 Å². The number of ketones is 1. The van der Waals surface area contributed by atoms with Crippen LogP contribution in [-0.4, -0.2) is 46.8 Å². The maximum Gasteiger partial charge on any atom is 0.326 e. The number of urea groups is 1. The largest absolute Gasteiger partial charge is 0.453 e. The number of nitrogens with zero attached hydrogens (tertiary/aromatic N) is 1. The van der Waals surface area contributed by atoms with Crippen LogP contribution in [0.15, 0.2) is 0 Å². The molecule has 0 aromatic rings. The van der Waals surface area contributed by atoms with Crippen molar-refractivity contribution in [3.05, 3.63) is 0 Å². The summed E-state index contributed by atoms with van der Waals surface area (Å²) in [6, 6.07) is -0.619. The second-order valence-corrected chi connectivity index (χ2v) is 5.64. The molecule has 1 aliphatic carbocycles. The third-order valence-electron chi connectivity index (χ3n) is 3.50. The smallest absolute Gasteiger partial charge is 0.326 e. The van der Waals surface area contributed by atoms with Crippen LogP contribution >= 0.6 is 0 Å². The van der Waals surface area contributed by atoms with E-state index in [1.54, 1.807) is 13.8 Å². The average Bonchev–Trinajstić information content (AvgIpc) is 2.55. The highest BCUT2D eigenvalue weighted by Gasteiger charge is 2.45. The van der Waals surface area contributed by atoms with E-state index in [2.05, 4.69) is 5.32 Å². The molecule has 7 heteroatoms. The number of imide groups is 1. The molecule has 0 spiro atoms. The number of rotatable bonds is 3. The van der Waals surface area contributed by atoms with Crippen LogP contribution in [0.2, 0.25) is 0 Å². The highest BCUT2D eigenvalue weighted by atomic mass is 16.5. The Bertz CT molecular complexity index is 471. The molecule has 1 aliphatic heterocycles. The molecule has 2 fully saturated rings. The summed E-state index contributed by atoms with van der Waals surface area (Å²) in [5.41, 5.74) is -1.02. The molecule has 7 nitrogen and oxygen atoms in total. The van der Waals surface area contributed by atoms with Gasteiger partial charge in [-0.05, 0) is 33.1 Å². The van der Waals surface area contributed by atoms with E-state index in [1.807, 2.05) is 0 Å². The van der Waals surface area contributed by atoms with E-state index >= 15 is 0 Å². The Labute approximate surface area is 116 Å². The van der Waals surface area contributed by atoms with Crippen LogP contribution in [0.1, 0.15) is 39.5 Å². The highest BCUT2D eigenvalue weighted by molar-refractivity contribution is 6.08. The van der Waals surface area contributed by atoms with Crippen LogP contribution in [-0.2, 0) is 19.1 Å². The predicted octanol–water partition coefficient (Wildman–Crippen LogP) is 0.372. The zero-order valence-electron chi connectivity index (χ0n) is 11.6. The average molecular weight is 282 g/mol. The number of hydrogen-bond donors (Lipinski definition) is 1. The molecule has 1 saturated heterocycles. The number of amides is 3. The van der Waals surface area contributed by atoms with Crippen molar-refractivity contribution >= 4 is 23.7 Å². The molecule has 1 atom stereocenters. The number of Topliss-reactive ketones (excluding diaryl/α,β-unsaturated/α-hetero) is 1. The normalized spacial score (nSPS) is 25.6. The fourth-order valence-electron chi connectivity index (χ4n) is 2.36. The molecular weight excluding hydrogens is 264 g/mol. The molecular formula is C13H18N2O5. The maximum atomic E-state index is 11.9. The quantitative estimate of drug-likeness (QED) is 0.596. The lowest BCUT2D eigenvalue weighted by Crippen LogP contribution is -2.42. The summed E-state index contributed by atoms with van der Waals surface area (Å²) in [4.78, 5) is 47.7. The molecule has 3 amide bonds. The lowest BCUT2D eigenvalue weighted by molar-refractivity contribution is -0.158. The minimum Gasteiger partial charge on any atom is -0.453 e. The molecule has 1 heterocycles. The van der Waals surface area contributed by atoms with Gasteiger partial charge in [0.15, 0.2) is 11.9 Å². The zero-order valence-corrected chi connectivity index (χ0v) is 11.6. The number of carbonyl (C=O) groups excluding carboxylic acids is 4. The van der Waals surface area contributed by atoms with Crippen LogP contribution in [0.25, 0.3) is 0 Å². The Morgan fingerprint density at radius 1 is 1.35 bits per heavy atom. The molecule has 20 heavy (non-hydrogen) atoms. The summed E-state index contributed by atoms with van der Waals surface area (Å²) >= 11 is 0. The Kier molecular flexibility index (Phi) is 3.78. The minimum atomic E-state index is -1.02. The van der Waals surface area contributed by atoms with Crippen molar-refractivity contribution in [2.24, 2.45) is 0 Å². The van der Waals surface area contributed by atoms with Crippen LogP contribution < -0.4 is 5.32 Å². The summed E-state index contributed by atoms with van der Waals surface area (Å²) in [6.45, 7) is 2.66. The summed E-state index contributed by atoms with van der Waals surface area (Å²) in [5, 5.41) is 2.47. The second-order valence-electron chi connectivity index (χ2n) is 5.64.